The number of alkyl halides is 3. The summed E-state index contributed by atoms with van der Waals surface area (Å²) in [6, 6.07) is 4.21. The molecule has 296 valence electrons. The van der Waals surface area contributed by atoms with E-state index in [9.17, 15) is 44.4 Å². The predicted molar refractivity (Wildman–Crippen MR) is 180 cm³/mol. The second-order valence-electron chi connectivity index (χ2n) is 10.1. The fraction of sp³-hybridized carbons (Fsp3) is 0.250. The molecule has 0 aliphatic carbocycles. The van der Waals surface area contributed by atoms with Crippen LogP contribution in [0.4, 0.5) is 34.7 Å². The van der Waals surface area contributed by atoms with Crippen molar-refractivity contribution in [1.82, 2.24) is 44.2 Å². The van der Waals surface area contributed by atoms with Gasteiger partial charge in [-0.2, -0.15) is 49.9 Å². The minimum absolute atomic E-state index is 0.0101. The Kier molecular flexibility index (Phi) is 13.9. The Morgan fingerprint density at radius 2 is 1.04 bits per heavy atom. The summed E-state index contributed by atoms with van der Waals surface area (Å²) in [5.74, 6) is -1.09. The third-order valence-electron chi connectivity index (χ3n) is 6.09. The molecule has 0 radical (unpaired) electrons. The van der Waals surface area contributed by atoms with Crippen LogP contribution in [-0.4, -0.2) is 112 Å². The number of urea groups is 2. The number of nitrogens with one attached hydrogen (secondary N) is 4. The molecule has 55 heavy (non-hydrogen) atoms. The van der Waals surface area contributed by atoms with E-state index in [1.54, 1.807) is 4.72 Å². The van der Waals surface area contributed by atoms with E-state index in [4.69, 9.17) is 18.9 Å². The predicted octanol–water partition coefficient (Wildman–Crippen LogP) is 1.52. The van der Waals surface area contributed by atoms with Crippen molar-refractivity contribution in [2.45, 2.75) is 16.2 Å². The first-order valence-corrected chi connectivity index (χ1v) is 17.5. The lowest BCUT2D eigenvalue weighted by Gasteiger charge is -2.14. The first kappa shape index (κ1) is 42.8. The molecule has 0 aliphatic rings. The number of carbonyl (C=O) groups excluding carboxylic acids is 3. The Morgan fingerprint density at radius 3 is 1.42 bits per heavy atom. The zero-order valence-corrected chi connectivity index (χ0v) is 30.8. The third-order valence-corrected chi connectivity index (χ3v) is 8.67. The van der Waals surface area contributed by atoms with Gasteiger partial charge in [-0.3, -0.25) is 15.4 Å². The molecule has 0 aromatic carbocycles. The Labute approximate surface area is 309 Å². The van der Waals surface area contributed by atoms with Gasteiger partial charge in [0.1, 0.15) is 0 Å². The van der Waals surface area contributed by atoms with Gasteiger partial charge in [-0.05, 0) is 24.3 Å². The number of hydrogen-bond acceptors (Lipinski definition) is 17. The number of carbonyl (C=O) groups is 3. The van der Waals surface area contributed by atoms with E-state index in [0.717, 1.165) is 12.3 Å². The monoisotopic (exact) mass is 817 g/mol. The average Bonchev–Trinajstić information content (AvgIpc) is 3.13. The topological polar surface area (TPSA) is 285 Å². The fourth-order valence-corrected chi connectivity index (χ4v) is 5.86. The highest BCUT2D eigenvalue weighted by atomic mass is 32.2. The molecule has 27 heteroatoms. The van der Waals surface area contributed by atoms with E-state index in [-0.39, 0.29) is 35.0 Å². The van der Waals surface area contributed by atoms with Gasteiger partial charge >= 0.3 is 18.2 Å². The van der Waals surface area contributed by atoms with Gasteiger partial charge in [-0.1, -0.05) is 0 Å². The Morgan fingerprint density at radius 1 is 0.655 bits per heavy atom. The molecule has 22 nitrogen and oxygen atoms in total. The summed E-state index contributed by atoms with van der Waals surface area (Å²) in [5.41, 5.74) is -1.71. The molecule has 0 spiro atoms. The van der Waals surface area contributed by atoms with Gasteiger partial charge in [0.2, 0.25) is 35.4 Å². The molecule has 0 fully saturated rings. The second kappa shape index (κ2) is 17.9. The number of rotatable bonds is 11. The quantitative estimate of drug-likeness (QED) is 0.167. The molecule has 4 aromatic heterocycles. The molecule has 4 rings (SSSR count). The summed E-state index contributed by atoms with van der Waals surface area (Å²) >= 11 is 0. The maximum atomic E-state index is 12.9. The zero-order valence-electron chi connectivity index (χ0n) is 29.2. The number of methoxy groups -OCH3 is 4. The van der Waals surface area contributed by atoms with Crippen LogP contribution in [0.15, 0.2) is 58.8 Å². The van der Waals surface area contributed by atoms with Crippen LogP contribution in [0.25, 0.3) is 0 Å². The Hall–Kier alpha value is -6.64. The zero-order chi connectivity index (χ0) is 41.1. The second-order valence-corrected chi connectivity index (χ2v) is 13.3. The van der Waals surface area contributed by atoms with Gasteiger partial charge in [-0.25, -0.2) is 29.0 Å². The summed E-state index contributed by atoms with van der Waals surface area (Å²) < 4.78 is 111. The van der Waals surface area contributed by atoms with Crippen molar-refractivity contribution in [3.05, 3.63) is 59.9 Å². The van der Waals surface area contributed by atoms with Crippen LogP contribution in [0.2, 0.25) is 0 Å². The number of ether oxygens (including phenoxy) is 4. The first-order chi connectivity index (χ1) is 25.7. The number of aromatic nitrogens is 6. The standard InChI is InChI=1S/C15H18N6O6S.C13H12F3N5O5S/c1-21(2)13(22)9-6-5-7-16-12(9)28(24,25)20-15(23)19-14-17-10(26-3)8-11(18-14)27-4;1-25-8-6-9(26-2)19-11(18-8)20-12(22)21-27(23,24)10-7(13(14,15)16)4-3-5-17-10/h5-8H,1-4H3,(H2,17,18,19,20,23);3-6H,1-2H3,(H2,18,19,20,21,22). The van der Waals surface area contributed by atoms with Crippen LogP contribution >= 0.6 is 0 Å². The maximum Gasteiger partial charge on any atom is 0.419 e. The highest BCUT2D eigenvalue weighted by Crippen LogP contribution is 2.32. The number of nitrogens with zero attached hydrogens (tertiary/aromatic N) is 7. The summed E-state index contributed by atoms with van der Waals surface area (Å²) in [6.45, 7) is 0. The maximum absolute atomic E-state index is 12.9. The molecule has 0 saturated heterocycles. The highest BCUT2D eigenvalue weighted by molar-refractivity contribution is 7.90. The molecule has 5 amide bonds. The van der Waals surface area contributed by atoms with Crippen LogP contribution in [0.1, 0.15) is 15.9 Å². The minimum Gasteiger partial charge on any atom is -0.481 e. The molecule has 4 aromatic rings. The van der Waals surface area contributed by atoms with Crippen molar-refractivity contribution in [2.75, 3.05) is 53.2 Å². The molecular weight excluding hydrogens is 788 g/mol. The molecule has 0 unspecified atom stereocenters. The van der Waals surface area contributed by atoms with Crippen LogP contribution in [0.3, 0.4) is 0 Å². The number of pyridine rings is 2. The van der Waals surface area contributed by atoms with E-state index in [1.807, 2.05) is 5.32 Å². The SMILES string of the molecule is COc1cc(OC)nc(NC(=O)NS(=O)(=O)c2ncccc2C(=O)N(C)C)n1.COc1cc(OC)nc(NC(=O)NS(=O)(=O)c2ncccc2C(F)(F)F)n1. The van der Waals surface area contributed by atoms with Gasteiger partial charge in [-0.15, -0.1) is 0 Å². The number of amides is 5. The van der Waals surface area contributed by atoms with Gasteiger partial charge < -0.3 is 23.8 Å². The average molecular weight is 818 g/mol. The summed E-state index contributed by atoms with van der Waals surface area (Å²) in [7, 11) is -1.24. The lowest BCUT2D eigenvalue weighted by molar-refractivity contribution is -0.140. The lowest BCUT2D eigenvalue weighted by Crippen LogP contribution is -2.36. The van der Waals surface area contributed by atoms with Crippen LogP contribution in [0.5, 0.6) is 23.5 Å². The van der Waals surface area contributed by atoms with Crippen LogP contribution in [0, 0.1) is 0 Å². The number of sulfonamides is 2. The Balaban J connectivity index is 0.000000296. The first-order valence-electron chi connectivity index (χ1n) is 14.5. The number of halogens is 3. The van der Waals surface area contributed by atoms with Crippen LogP contribution in [-0.2, 0) is 26.2 Å². The molecule has 0 aliphatic heterocycles. The summed E-state index contributed by atoms with van der Waals surface area (Å²) in [6.07, 6.45) is -2.95. The van der Waals surface area contributed by atoms with Crippen molar-refractivity contribution in [3.63, 3.8) is 0 Å². The fourth-order valence-electron chi connectivity index (χ4n) is 3.76. The van der Waals surface area contributed by atoms with Crippen molar-refractivity contribution in [1.29, 1.82) is 0 Å². The van der Waals surface area contributed by atoms with E-state index in [1.165, 1.54) is 82.6 Å². The largest absolute Gasteiger partial charge is 0.481 e. The number of anilines is 2. The van der Waals surface area contributed by atoms with Gasteiger partial charge in [0.15, 0.2) is 10.1 Å². The van der Waals surface area contributed by atoms with Crippen LogP contribution < -0.4 is 39.0 Å². The van der Waals surface area contributed by atoms with Crippen molar-refractivity contribution >= 4 is 49.9 Å². The normalized spacial score (nSPS) is 11.1. The van der Waals surface area contributed by atoms with E-state index < -0.39 is 65.8 Å². The summed E-state index contributed by atoms with van der Waals surface area (Å²) in [5, 5.41) is 2.17. The molecular formula is C28H30F3N11O11S2. The smallest absolute Gasteiger partial charge is 0.419 e. The van der Waals surface area contributed by atoms with Crippen molar-refractivity contribution in [2.24, 2.45) is 0 Å². The van der Waals surface area contributed by atoms with E-state index in [0.29, 0.717) is 6.07 Å². The van der Waals surface area contributed by atoms with Crippen molar-refractivity contribution < 1.29 is 63.3 Å². The van der Waals surface area contributed by atoms with Gasteiger partial charge in [0.25, 0.3) is 26.0 Å². The minimum atomic E-state index is -4.99. The number of hydrogen-bond donors (Lipinski definition) is 4. The Bertz CT molecular complexity index is 2220. The van der Waals surface area contributed by atoms with E-state index >= 15 is 0 Å². The molecule has 0 bridgehead atoms. The van der Waals surface area contributed by atoms with Crippen molar-refractivity contribution in [3.8, 4) is 23.5 Å². The molecule has 4 N–H and O–H groups in total. The molecule has 0 saturated carbocycles. The van der Waals surface area contributed by atoms with E-state index in [2.05, 4.69) is 35.2 Å². The summed E-state index contributed by atoms with van der Waals surface area (Å²) in [4.78, 5) is 59.5. The third kappa shape index (κ3) is 11.7. The van der Waals surface area contributed by atoms with Gasteiger partial charge in [0.05, 0.1) is 51.7 Å². The lowest BCUT2D eigenvalue weighted by atomic mass is 10.2. The molecule has 0 atom stereocenters. The highest BCUT2D eigenvalue weighted by Gasteiger charge is 2.38. The molecule has 4 heterocycles. The van der Waals surface area contributed by atoms with Gasteiger partial charge in [0, 0.05) is 26.5 Å².